The summed E-state index contributed by atoms with van der Waals surface area (Å²) in [6, 6.07) is 0.402. The van der Waals surface area contributed by atoms with Crippen molar-refractivity contribution in [2.45, 2.75) is 51.8 Å². The molecule has 1 saturated heterocycles. The Morgan fingerprint density at radius 1 is 1.50 bits per heavy atom. The highest BCUT2D eigenvalue weighted by Crippen LogP contribution is 2.17. The third-order valence-corrected chi connectivity index (χ3v) is 3.05. The molecule has 7 nitrogen and oxygen atoms in total. The first kappa shape index (κ1) is 14.8. The van der Waals surface area contributed by atoms with Crippen molar-refractivity contribution in [3.8, 4) is 0 Å². The lowest BCUT2D eigenvalue weighted by molar-refractivity contribution is 0.0523. The highest BCUT2D eigenvalue weighted by atomic mass is 16.6. The highest BCUT2D eigenvalue weighted by molar-refractivity contribution is 5.67. The smallest absolute Gasteiger partial charge is 0.407 e. The molecule has 7 heteroatoms. The van der Waals surface area contributed by atoms with Crippen molar-refractivity contribution in [2.24, 2.45) is 0 Å². The maximum absolute atomic E-state index is 11.5. The summed E-state index contributed by atoms with van der Waals surface area (Å²) in [6.07, 6.45) is 3.58. The van der Waals surface area contributed by atoms with E-state index in [1.54, 1.807) is 0 Å². The van der Waals surface area contributed by atoms with E-state index in [1.165, 1.54) is 0 Å². The minimum Gasteiger partial charge on any atom is -0.444 e. The number of carbonyl (C=O) groups is 1. The van der Waals surface area contributed by atoms with Crippen molar-refractivity contribution in [3.05, 3.63) is 11.9 Å². The van der Waals surface area contributed by atoms with Gasteiger partial charge in [-0.3, -0.25) is 0 Å². The Bertz CT molecular complexity index is 446. The Labute approximate surface area is 119 Å². The van der Waals surface area contributed by atoms with Crippen LogP contribution < -0.4 is 10.6 Å². The SMILES string of the molecule is CC(C)(C)OC(=O)NCc1cn(C2CCNCC2)nn1. The fraction of sp³-hybridized carbons (Fsp3) is 0.769. The second-order valence-corrected chi connectivity index (χ2v) is 6.03. The molecule has 1 aliphatic heterocycles. The molecule has 1 aliphatic rings. The van der Waals surface area contributed by atoms with Crippen LogP contribution >= 0.6 is 0 Å². The van der Waals surface area contributed by atoms with Gasteiger partial charge in [0.15, 0.2) is 0 Å². The van der Waals surface area contributed by atoms with Gasteiger partial charge < -0.3 is 15.4 Å². The van der Waals surface area contributed by atoms with Crippen molar-refractivity contribution >= 4 is 6.09 Å². The van der Waals surface area contributed by atoms with Crippen LogP contribution in [0.25, 0.3) is 0 Å². The second-order valence-electron chi connectivity index (χ2n) is 6.03. The predicted molar refractivity (Wildman–Crippen MR) is 74.2 cm³/mol. The van der Waals surface area contributed by atoms with Gasteiger partial charge in [-0.25, -0.2) is 9.48 Å². The molecule has 1 aromatic heterocycles. The topological polar surface area (TPSA) is 81.1 Å². The van der Waals surface area contributed by atoms with Crippen LogP contribution in [0, 0.1) is 0 Å². The summed E-state index contributed by atoms with van der Waals surface area (Å²) in [5.41, 5.74) is 0.256. The van der Waals surface area contributed by atoms with Crippen LogP contribution in [0.15, 0.2) is 6.20 Å². The van der Waals surface area contributed by atoms with Gasteiger partial charge in [0.05, 0.1) is 18.8 Å². The number of hydrogen-bond acceptors (Lipinski definition) is 5. The maximum atomic E-state index is 11.5. The Morgan fingerprint density at radius 2 is 2.20 bits per heavy atom. The van der Waals surface area contributed by atoms with Gasteiger partial charge in [0.25, 0.3) is 0 Å². The number of hydrogen-bond donors (Lipinski definition) is 2. The fourth-order valence-electron chi connectivity index (χ4n) is 2.12. The van der Waals surface area contributed by atoms with E-state index < -0.39 is 11.7 Å². The van der Waals surface area contributed by atoms with Crippen molar-refractivity contribution < 1.29 is 9.53 Å². The summed E-state index contributed by atoms with van der Waals surface area (Å²) >= 11 is 0. The number of nitrogens with one attached hydrogen (secondary N) is 2. The molecule has 2 N–H and O–H groups in total. The van der Waals surface area contributed by atoms with E-state index in [-0.39, 0.29) is 0 Å². The number of amides is 1. The van der Waals surface area contributed by atoms with Crippen molar-refractivity contribution in [1.29, 1.82) is 0 Å². The summed E-state index contributed by atoms with van der Waals surface area (Å²) in [7, 11) is 0. The van der Waals surface area contributed by atoms with E-state index >= 15 is 0 Å². The third-order valence-electron chi connectivity index (χ3n) is 3.05. The molecule has 0 aliphatic carbocycles. The predicted octanol–water partition coefficient (Wildman–Crippen LogP) is 1.23. The Kier molecular flexibility index (Phi) is 4.59. The molecule has 112 valence electrons. The summed E-state index contributed by atoms with van der Waals surface area (Å²) in [5.74, 6) is 0. The van der Waals surface area contributed by atoms with Gasteiger partial charge in [-0.05, 0) is 46.7 Å². The number of carbonyl (C=O) groups excluding carboxylic acids is 1. The zero-order valence-electron chi connectivity index (χ0n) is 12.3. The molecule has 1 amide bonds. The van der Waals surface area contributed by atoms with Crippen molar-refractivity contribution in [1.82, 2.24) is 25.6 Å². The van der Waals surface area contributed by atoms with Gasteiger partial charge in [-0.2, -0.15) is 0 Å². The van der Waals surface area contributed by atoms with Crippen LogP contribution in [0.4, 0.5) is 4.79 Å². The third kappa shape index (κ3) is 4.48. The van der Waals surface area contributed by atoms with E-state index in [0.717, 1.165) is 31.6 Å². The monoisotopic (exact) mass is 281 g/mol. The largest absolute Gasteiger partial charge is 0.444 e. The molecule has 1 aromatic rings. The molecule has 0 bridgehead atoms. The Balaban J connectivity index is 1.82. The molecule has 0 saturated carbocycles. The summed E-state index contributed by atoms with van der Waals surface area (Å²) in [6.45, 7) is 7.85. The number of piperidine rings is 1. The van der Waals surface area contributed by atoms with E-state index in [4.69, 9.17) is 4.74 Å². The van der Waals surface area contributed by atoms with E-state index in [0.29, 0.717) is 12.6 Å². The highest BCUT2D eigenvalue weighted by Gasteiger charge is 2.18. The van der Waals surface area contributed by atoms with Crippen LogP contribution in [-0.2, 0) is 11.3 Å². The minimum absolute atomic E-state index is 0.333. The first-order valence-electron chi connectivity index (χ1n) is 7.02. The van der Waals surface area contributed by atoms with Crippen LogP contribution in [-0.4, -0.2) is 39.8 Å². The standard InChI is InChI=1S/C13H23N5O2/c1-13(2,3)20-12(19)15-8-10-9-18(17-16-10)11-4-6-14-7-5-11/h9,11,14H,4-8H2,1-3H3,(H,15,19). The second kappa shape index (κ2) is 6.21. The normalized spacial score (nSPS) is 16.9. The van der Waals surface area contributed by atoms with E-state index in [2.05, 4.69) is 20.9 Å². The number of alkyl carbamates (subject to hydrolysis) is 1. The van der Waals surface area contributed by atoms with Crippen LogP contribution in [0.3, 0.4) is 0 Å². The maximum Gasteiger partial charge on any atom is 0.407 e. The van der Waals surface area contributed by atoms with Gasteiger partial charge in [-0.1, -0.05) is 5.21 Å². The number of aromatic nitrogens is 3. The Hall–Kier alpha value is -1.63. The fourth-order valence-corrected chi connectivity index (χ4v) is 2.12. The minimum atomic E-state index is -0.489. The van der Waals surface area contributed by atoms with Crippen LogP contribution in [0.5, 0.6) is 0 Å². The summed E-state index contributed by atoms with van der Waals surface area (Å²) < 4.78 is 7.07. The number of nitrogens with zero attached hydrogens (tertiary/aromatic N) is 3. The molecule has 1 fully saturated rings. The molecule has 20 heavy (non-hydrogen) atoms. The first-order valence-corrected chi connectivity index (χ1v) is 7.02. The van der Waals surface area contributed by atoms with Gasteiger partial charge >= 0.3 is 6.09 Å². The van der Waals surface area contributed by atoms with Gasteiger partial charge in [0.2, 0.25) is 0 Å². The van der Waals surface area contributed by atoms with Crippen LogP contribution in [0.1, 0.15) is 45.3 Å². The molecule has 0 atom stereocenters. The van der Waals surface area contributed by atoms with Gasteiger partial charge in [-0.15, -0.1) is 5.10 Å². The molecule has 2 heterocycles. The lowest BCUT2D eigenvalue weighted by atomic mass is 10.1. The lowest BCUT2D eigenvalue weighted by Crippen LogP contribution is -2.32. The van der Waals surface area contributed by atoms with E-state index in [1.807, 2.05) is 31.6 Å². The molecular weight excluding hydrogens is 258 g/mol. The average molecular weight is 281 g/mol. The van der Waals surface area contributed by atoms with Crippen molar-refractivity contribution in [2.75, 3.05) is 13.1 Å². The summed E-state index contributed by atoms with van der Waals surface area (Å²) in [5, 5.41) is 14.2. The first-order chi connectivity index (χ1) is 9.44. The van der Waals surface area contributed by atoms with Crippen LogP contribution in [0.2, 0.25) is 0 Å². The van der Waals surface area contributed by atoms with Gasteiger partial charge in [0.1, 0.15) is 11.3 Å². The molecule has 2 rings (SSSR count). The lowest BCUT2D eigenvalue weighted by Gasteiger charge is -2.22. The van der Waals surface area contributed by atoms with Gasteiger partial charge in [0, 0.05) is 0 Å². The molecule has 0 spiro atoms. The zero-order valence-corrected chi connectivity index (χ0v) is 12.3. The Morgan fingerprint density at radius 3 is 2.85 bits per heavy atom. The number of rotatable bonds is 3. The zero-order chi connectivity index (χ0) is 14.6. The molecule has 0 radical (unpaired) electrons. The number of ether oxygens (including phenoxy) is 1. The van der Waals surface area contributed by atoms with Crippen molar-refractivity contribution in [3.63, 3.8) is 0 Å². The summed E-state index contributed by atoms with van der Waals surface area (Å²) in [4.78, 5) is 11.5. The molecular formula is C13H23N5O2. The quantitative estimate of drug-likeness (QED) is 0.871. The molecule has 0 aromatic carbocycles. The van der Waals surface area contributed by atoms with E-state index in [9.17, 15) is 4.79 Å². The molecule has 0 unspecified atom stereocenters. The average Bonchev–Trinajstić information content (AvgIpc) is 2.84.